The average molecular weight is 232 g/mol. The van der Waals surface area contributed by atoms with E-state index in [1.165, 1.54) is 18.3 Å². The van der Waals surface area contributed by atoms with Crippen molar-refractivity contribution >= 4 is 0 Å². The second-order valence-electron chi connectivity index (χ2n) is 3.20. The van der Waals surface area contributed by atoms with E-state index in [-0.39, 0.29) is 11.4 Å². The molecule has 0 saturated heterocycles. The molecular formula is C12H6F2N2O. The summed E-state index contributed by atoms with van der Waals surface area (Å²) in [6.07, 6.45) is 1.31. The molecule has 1 aromatic carbocycles. The van der Waals surface area contributed by atoms with Crippen LogP contribution in [-0.2, 0) is 0 Å². The van der Waals surface area contributed by atoms with Gasteiger partial charge >= 0.3 is 0 Å². The Morgan fingerprint density at radius 2 is 1.76 bits per heavy atom. The molecule has 1 aromatic heterocycles. The number of benzene rings is 1. The first-order valence-corrected chi connectivity index (χ1v) is 4.67. The Labute approximate surface area is 95.9 Å². The number of pyridine rings is 1. The third-order valence-corrected chi connectivity index (χ3v) is 1.92. The van der Waals surface area contributed by atoms with Gasteiger partial charge in [0, 0.05) is 18.2 Å². The quantitative estimate of drug-likeness (QED) is 0.799. The van der Waals surface area contributed by atoms with Crippen LogP contribution < -0.4 is 4.74 Å². The molecule has 0 aliphatic rings. The molecule has 0 aliphatic carbocycles. The van der Waals surface area contributed by atoms with E-state index in [9.17, 15) is 8.78 Å². The van der Waals surface area contributed by atoms with Crippen LogP contribution in [0.25, 0.3) is 0 Å². The summed E-state index contributed by atoms with van der Waals surface area (Å²) in [5, 5.41) is 8.54. The Balaban J connectivity index is 2.22. The van der Waals surface area contributed by atoms with Crippen molar-refractivity contribution in [3.05, 3.63) is 53.9 Å². The van der Waals surface area contributed by atoms with Crippen molar-refractivity contribution in [2.45, 2.75) is 0 Å². The van der Waals surface area contributed by atoms with Crippen molar-refractivity contribution in [2.24, 2.45) is 0 Å². The maximum absolute atomic E-state index is 12.9. The van der Waals surface area contributed by atoms with E-state index in [0.717, 1.165) is 18.2 Å². The molecule has 0 spiro atoms. The molecule has 0 N–H and O–H groups in total. The largest absolute Gasteiger partial charge is 0.456 e. The Bertz CT molecular complexity index is 556. The lowest BCUT2D eigenvalue weighted by molar-refractivity contribution is 0.466. The molecule has 5 heteroatoms. The van der Waals surface area contributed by atoms with Crippen LogP contribution in [0, 0.1) is 23.0 Å². The number of halogens is 2. The van der Waals surface area contributed by atoms with Gasteiger partial charge in [0.2, 0.25) is 0 Å². The van der Waals surface area contributed by atoms with Crippen molar-refractivity contribution in [3.63, 3.8) is 0 Å². The van der Waals surface area contributed by atoms with Gasteiger partial charge in [-0.2, -0.15) is 5.26 Å². The molecule has 2 aromatic rings. The van der Waals surface area contributed by atoms with E-state index >= 15 is 0 Å². The van der Waals surface area contributed by atoms with E-state index in [1.807, 2.05) is 6.07 Å². The van der Waals surface area contributed by atoms with E-state index in [2.05, 4.69) is 4.98 Å². The fraction of sp³-hybridized carbons (Fsp3) is 0. The fourth-order valence-corrected chi connectivity index (χ4v) is 1.23. The minimum absolute atomic E-state index is 0.0361. The molecule has 0 radical (unpaired) electrons. The number of nitrogens with zero attached hydrogens (tertiary/aromatic N) is 2. The molecule has 2 rings (SSSR count). The summed E-state index contributed by atoms with van der Waals surface area (Å²) in [6, 6.07) is 7.66. The first-order valence-electron chi connectivity index (χ1n) is 4.67. The standard InChI is InChI=1S/C12H6F2N2O/c13-8-3-9(14)5-12(4-8)17-11-2-1-10(6-15)16-7-11/h1-5,7H. The zero-order valence-electron chi connectivity index (χ0n) is 8.52. The Kier molecular flexibility index (Phi) is 2.97. The molecule has 0 atom stereocenters. The van der Waals surface area contributed by atoms with Crippen molar-refractivity contribution in [1.29, 1.82) is 5.26 Å². The smallest absolute Gasteiger partial charge is 0.145 e. The molecule has 17 heavy (non-hydrogen) atoms. The number of hydrogen-bond acceptors (Lipinski definition) is 3. The topological polar surface area (TPSA) is 45.9 Å². The number of nitriles is 1. The van der Waals surface area contributed by atoms with Gasteiger partial charge in [0.05, 0.1) is 6.20 Å². The zero-order valence-corrected chi connectivity index (χ0v) is 8.52. The molecule has 0 fully saturated rings. The fourth-order valence-electron chi connectivity index (χ4n) is 1.23. The lowest BCUT2D eigenvalue weighted by Gasteiger charge is -2.05. The Morgan fingerprint density at radius 1 is 1.06 bits per heavy atom. The predicted molar refractivity (Wildman–Crippen MR) is 55.4 cm³/mol. The SMILES string of the molecule is N#Cc1ccc(Oc2cc(F)cc(F)c2)cn1. The highest BCUT2D eigenvalue weighted by Gasteiger charge is 2.03. The highest BCUT2D eigenvalue weighted by atomic mass is 19.1. The summed E-state index contributed by atoms with van der Waals surface area (Å²) in [4.78, 5) is 3.76. The van der Waals surface area contributed by atoms with E-state index in [1.54, 1.807) is 0 Å². The third kappa shape index (κ3) is 2.75. The maximum Gasteiger partial charge on any atom is 0.145 e. The van der Waals surface area contributed by atoms with Crippen LogP contribution in [0.1, 0.15) is 5.69 Å². The molecule has 0 saturated carbocycles. The summed E-state index contributed by atoms with van der Waals surface area (Å²) in [6.45, 7) is 0. The molecule has 1 heterocycles. The number of hydrogen-bond donors (Lipinski definition) is 0. The average Bonchev–Trinajstić information content (AvgIpc) is 2.28. The van der Waals surface area contributed by atoms with Crippen molar-refractivity contribution < 1.29 is 13.5 Å². The minimum Gasteiger partial charge on any atom is -0.456 e. The molecule has 0 bridgehead atoms. The summed E-state index contributed by atoms with van der Waals surface area (Å²) in [7, 11) is 0. The zero-order chi connectivity index (χ0) is 12.3. The first-order chi connectivity index (χ1) is 8.17. The van der Waals surface area contributed by atoms with Crippen molar-refractivity contribution in [3.8, 4) is 17.6 Å². The second-order valence-corrected chi connectivity index (χ2v) is 3.20. The van der Waals surface area contributed by atoms with Gasteiger partial charge in [0.1, 0.15) is 34.9 Å². The van der Waals surface area contributed by atoms with Gasteiger partial charge in [-0.15, -0.1) is 0 Å². The summed E-state index contributed by atoms with van der Waals surface area (Å²) in [5.41, 5.74) is 0.239. The molecule has 0 unspecified atom stereocenters. The van der Waals surface area contributed by atoms with Crippen LogP contribution in [0.4, 0.5) is 8.78 Å². The maximum atomic E-state index is 12.9. The molecule has 3 nitrogen and oxygen atoms in total. The van der Waals surface area contributed by atoms with Crippen LogP contribution in [-0.4, -0.2) is 4.98 Å². The predicted octanol–water partition coefficient (Wildman–Crippen LogP) is 3.02. The van der Waals surface area contributed by atoms with Crippen LogP contribution >= 0.6 is 0 Å². The minimum atomic E-state index is -0.721. The van der Waals surface area contributed by atoms with E-state index in [4.69, 9.17) is 10.00 Å². The van der Waals surface area contributed by atoms with Gasteiger partial charge in [0.25, 0.3) is 0 Å². The Hall–Kier alpha value is -2.48. The summed E-state index contributed by atoms with van der Waals surface area (Å²) < 4.78 is 30.9. The van der Waals surface area contributed by atoms with Crippen molar-refractivity contribution in [2.75, 3.05) is 0 Å². The highest BCUT2D eigenvalue weighted by Crippen LogP contribution is 2.22. The highest BCUT2D eigenvalue weighted by molar-refractivity contribution is 5.32. The van der Waals surface area contributed by atoms with Crippen LogP contribution in [0.2, 0.25) is 0 Å². The van der Waals surface area contributed by atoms with Gasteiger partial charge in [-0.1, -0.05) is 0 Å². The van der Waals surface area contributed by atoms with Gasteiger partial charge in [-0.3, -0.25) is 0 Å². The van der Waals surface area contributed by atoms with Crippen LogP contribution in [0.15, 0.2) is 36.5 Å². The van der Waals surface area contributed by atoms with E-state index in [0.29, 0.717) is 5.75 Å². The first kappa shape index (κ1) is 11.0. The van der Waals surface area contributed by atoms with Gasteiger partial charge in [0.15, 0.2) is 0 Å². The van der Waals surface area contributed by atoms with Crippen LogP contribution in [0.3, 0.4) is 0 Å². The monoisotopic (exact) mass is 232 g/mol. The molecular weight excluding hydrogens is 226 g/mol. The number of aromatic nitrogens is 1. The van der Waals surface area contributed by atoms with Gasteiger partial charge in [-0.05, 0) is 12.1 Å². The third-order valence-electron chi connectivity index (χ3n) is 1.92. The van der Waals surface area contributed by atoms with Gasteiger partial charge in [-0.25, -0.2) is 13.8 Å². The van der Waals surface area contributed by atoms with Crippen LogP contribution in [0.5, 0.6) is 11.5 Å². The molecule has 0 aliphatic heterocycles. The lowest BCUT2D eigenvalue weighted by Crippen LogP contribution is -1.89. The van der Waals surface area contributed by atoms with E-state index < -0.39 is 11.6 Å². The second kappa shape index (κ2) is 4.58. The summed E-state index contributed by atoms with van der Waals surface area (Å²) in [5.74, 6) is -1.11. The Morgan fingerprint density at radius 3 is 2.29 bits per heavy atom. The van der Waals surface area contributed by atoms with Gasteiger partial charge < -0.3 is 4.74 Å². The lowest BCUT2D eigenvalue weighted by atomic mass is 10.3. The summed E-state index contributed by atoms with van der Waals surface area (Å²) >= 11 is 0. The number of rotatable bonds is 2. The molecule has 84 valence electrons. The molecule has 0 amide bonds. The number of ether oxygens (including phenoxy) is 1. The van der Waals surface area contributed by atoms with Crippen molar-refractivity contribution in [1.82, 2.24) is 4.98 Å². The normalized spacial score (nSPS) is 9.71.